The van der Waals surface area contributed by atoms with Crippen molar-refractivity contribution < 1.29 is 19.2 Å². The third-order valence-corrected chi connectivity index (χ3v) is 5.42. The van der Waals surface area contributed by atoms with Crippen LogP contribution in [0, 0.1) is 0 Å². The largest absolute Gasteiger partial charge is 0.490 e. The number of hydrogen-bond acceptors (Lipinski definition) is 7. The molecule has 1 atom stereocenters. The van der Waals surface area contributed by atoms with E-state index in [0.717, 1.165) is 33.9 Å². The van der Waals surface area contributed by atoms with Gasteiger partial charge in [-0.25, -0.2) is 4.98 Å². The van der Waals surface area contributed by atoms with Crippen LogP contribution in [0.3, 0.4) is 0 Å². The van der Waals surface area contributed by atoms with E-state index in [4.69, 9.17) is 9.57 Å². The van der Waals surface area contributed by atoms with Gasteiger partial charge in [-0.05, 0) is 36.2 Å². The minimum atomic E-state index is -0.368. The standard InChI is InChI=1S/C22H19N3O4S/c26-21-20(30-22(27)25-21)13-15-5-9-18(10-6-15)28-11-12-29-23-14-17-8-7-16-3-1-2-4-19(16)24-17/h1-10,14,20H,11-13H2,(H,25,26,27). The van der Waals surface area contributed by atoms with Crippen molar-refractivity contribution in [2.45, 2.75) is 11.7 Å². The molecule has 1 unspecified atom stereocenters. The maximum Gasteiger partial charge on any atom is 0.286 e. The van der Waals surface area contributed by atoms with Crippen molar-refractivity contribution >= 4 is 40.0 Å². The van der Waals surface area contributed by atoms with Gasteiger partial charge in [0.1, 0.15) is 12.4 Å². The molecule has 0 aliphatic carbocycles. The summed E-state index contributed by atoms with van der Waals surface area (Å²) in [4.78, 5) is 32.6. The highest BCUT2D eigenvalue weighted by atomic mass is 32.2. The average molecular weight is 421 g/mol. The van der Waals surface area contributed by atoms with Crippen LogP contribution in [0.2, 0.25) is 0 Å². The smallest absolute Gasteiger partial charge is 0.286 e. The predicted molar refractivity (Wildman–Crippen MR) is 116 cm³/mol. The van der Waals surface area contributed by atoms with Crippen LogP contribution in [0.4, 0.5) is 4.79 Å². The van der Waals surface area contributed by atoms with Crippen molar-refractivity contribution in [1.29, 1.82) is 0 Å². The van der Waals surface area contributed by atoms with Crippen molar-refractivity contribution in [2.75, 3.05) is 13.2 Å². The van der Waals surface area contributed by atoms with E-state index in [0.29, 0.717) is 25.4 Å². The van der Waals surface area contributed by atoms with Gasteiger partial charge >= 0.3 is 0 Å². The topological polar surface area (TPSA) is 89.9 Å². The number of fused-ring (bicyclic) bond motifs is 1. The summed E-state index contributed by atoms with van der Waals surface area (Å²) in [7, 11) is 0. The van der Waals surface area contributed by atoms with Crippen molar-refractivity contribution in [3.63, 3.8) is 0 Å². The number of hydrogen-bond donors (Lipinski definition) is 1. The summed E-state index contributed by atoms with van der Waals surface area (Å²) in [6, 6.07) is 19.2. The second-order valence-corrected chi connectivity index (χ2v) is 7.75. The molecular formula is C22H19N3O4S. The molecular weight excluding hydrogens is 402 g/mol. The molecule has 30 heavy (non-hydrogen) atoms. The van der Waals surface area contributed by atoms with E-state index in [1.165, 1.54) is 0 Å². The number of rotatable bonds is 8. The highest BCUT2D eigenvalue weighted by Gasteiger charge is 2.31. The Hall–Kier alpha value is -3.39. The van der Waals surface area contributed by atoms with Crippen molar-refractivity contribution in [3.8, 4) is 5.75 Å². The SMILES string of the molecule is O=C1NC(=O)C(Cc2ccc(OCCON=Cc3ccc4ccccc4n3)cc2)S1. The van der Waals surface area contributed by atoms with E-state index >= 15 is 0 Å². The summed E-state index contributed by atoms with van der Waals surface area (Å²) in [6.45, 7) is 0.643. The van der Waals surface area contributed by atoms with Gasteiger partial charge in [0.05, 0.1) is 22.7 Å². The molecule has 8 heteroatoms. The number of amides is 2. The zero-order valence-electron chi connectivity index (χ0n) is 16.0. The molecule has 7 nitrogen and oxygen atoms in total. The first-order chi connectivity index (χ1) is 14.7. The molecule has 3 aromatic rings. The Morgan fingerprint density at radius 2 is 1.87 bits per heavy atom. The molecule has 1 aromatic heterocycles. The molecule has 2 aromatic carbocycles. The molecule has 0 saturated carbocycles. The maximum atomic E-state index is 11.6. The number of oxime groups is 1. The van der Waals surface area contributed by atoms with Crippen LogP contribution in [-0.2, 0) is 16.1 Å². The van der Waals surface area contributed by atoms with E-state index in [1.807, 2.05) is 60.7 Å². The zero-order chi connectivity index (χ0) is 20.8. The van der Waals surface area contributed by atoms with E-state index < -0.39 is 0 Å². The summed E-state index contributed by atoms with van der Waals surface area (Å²) >= 11 is 1.03. The number of nitrogens with zero attached hydrogens (tertiary/aromatic N) is 2. The third kappa shape index (κ3) is 5.15. The van der Waals surface area contributed by atoms with Gasteiger partial charge in [-0.15, -0.1) is 0 Å². The number of imide groups is 1. The van der Waals surface area contributed by atoms with Gasteiger partial charge in [0.2, 0.25) is 5.91 Å². The first-order valence-electron chi connectivity index (χ1n) is 9.42. The molecule has 0 radical (unpaired) electrons. The monoisotopic (exact) mass is 421 g/mol. The Kier molecular flexibility index (Phi) is 6.24. The van der Waals surface area contributed by atoms with E-state index in [-0.39, 0.29) is 16.4 Å². The second-order valence-electron chi connectivity index (χ2n) is 6.58. The minimum absolute atomic E-state index is 0.234. The Labute approximate surface area is 177 Å². The van der Waals surface area contributed by atoms with Crippen LogP contribution >= 0.6 is 11.8 Å². The number of pyridine rings is 1. The minimum Gasteiger partial charge on any atom is -0.490 e. The van der Waals surface area contributed by atoms with E-state index in [9.17, 15) is 9.59 Å². The first-order valence-corrected chi connectivity index (χ1v) is 10.3. The summed E-state index contributed by atoms with van der Waals surface area (Å²) in [5.74, 6) is 0.462. The lowest BCUT2D eigenvalue weighted by Gasteiger charge is -2.08. The molecule has 152 valence electrons. The van der Waals surface area contributed by atoms with Gasteiger partial charge in [-0.2, -0.15) is 0 Å². The molecule has 0 bridgehead atoms. The predicted octanol–water partition coefficient (Wildman–Crippen LogP) is 3.56. The molecule has 0 spiro atoms. The summed E-state index contributed by atoms with van der Waals surface area (Å²) in [5, 5.41) is 6.64. The van der Waals surface area contributed by atoms with Gasteiger partial charge in [-0.3, -0.25) is 14.9 Å². The number of ether oxygens (including phenoxy) is 1. The van der Waals surface area contributed by atoms with Crippen LogP contribution in [0.5, 0.6) is 5.75 Å². The number of nitrogens with one attached hydrogen (secondary N) is 1. The summed E-state index contributed by atoms with van der Waals surface area (Å²) < 4.78 is 5.63. The first kappa shape index (κ1) is 19.9. The number of thioether (sulfide) groups is 1. The second kappa shape index (κ2) is 9.41. The van der Waals surface area contributed by atoms with Crippen LogP contribution in [0.15, 0.2) is 65.8 Å². The fourth-order valence-electron chi connectivity index (χ4n) is 2.96. The molecule has 4 rings (SSSR count). The molecule has 1 saturated heterocycles. The average Bonchev–Trinajstić information content (AvgIpc) is 3.08. The van der Waals surface area contributed by atoms with Crippen molar-refractivity contribution in [2.24, 2.45) is 5.16 Å². The lowest BCUT2D eigenvalue weighted by Crippen LogP contribution is -2.25. The normalized spacial score (nSPS) is 16.2. The van der Waals surface area contributed by atoms with E-state index in [1.54, 1.807) is 6.21 Å². The molecule has 2 amide bonds. The molecule has 1 N–H and O–H groups in total. The van der Waals surface area contributed by atoms with Gasteiger partial charge in [0.15, 0.2) is 6.61 Å². The molecule has 1 fully saturated rings. The molecule has 1 aliphatic rings. The van der Waals surface area contributed by atoms with Crippen LogP contribution in [-0.4, -0.2) is 40.8 Å². The lowest BCUT2D eigenvalue weighted by atomic mass is 10.1. The lowest BCUT2D eigenvalue weighted by molar-refractivity contribution is -0.118. The van der Waals surface area contributed by atoms with Crippen molar-refractivity contribution in [3.05, 3.63) is 71.9 Å². The van der Waals surface area contributed by atoms with E-state index in [2.05, 4.69) is 15.5 Å². The maximum absolute atomic E-state index is 11.6. The molecule has 1 aliphatic heterocycles. The third-order valence-electron chi connectivity index (χ3n) is 4.43. The Bertz CT molecular complexity index is 1090. The summed E-state index contributed by atoms with van der Waals surface area (Å²) in [5.41, 5.74) is 2.60. The zero-order valence-corrected chi connectivity index (χ0v) is 16.8. The van der Waals surface area contributed by atoms with Crippen molar-refractivity contribution in [1.82, 2.24) is 10.3 Å². The number of aromatic nitrogens is 1. The van der Waals surface area contributed by atoms with Crippen LogP contribution < -0.4 is 10.1 Å². The number of para-hydroxylation sites is 1. The van der Waals surface area contributed by atoms with Crippen LogP contribution in [0.25, 0.3) is 10.9 Å². The number of carbonyl (C=O) groups excluding carboxylic acids is 2. The molecule has 2 heterocycles. The fourth-order valence-corrected chi connectivity index (χ4v) is 3.82. The Morgan fingerprint density at radius 3 is 2.67 bits per heavy atom. The van der Waals surface area contributed by atoms with Gasteiger partial charge in [-0.1, -0.05) is 53.3 Å². The highest BCUT2D eigenvalue weighted by Crippen LogP contribution is 2.23. The Morgan fingerprint density at radius 1 is 1.03 bits per heavy atom. The van der Waals surface area contributed by atoms with Gasteiger partial charge in [0.25, 0.3) is 5.24 Å². The summed E-state index contributed by atoms with van der Waals surface area (Å²) in [6.07, 6.45) is 2.08. The highest BCUT2D eigenvalue weighted by molar-refractivity contribution is 8.15. The Balaban J connectivity index is 1.19. The van der Waals surface area contributed by atoms with Gasteiger partial charge < -0.3 is 9.57 Å². The quantitative estimate of drug-likeness (QED) is 0.340. The number of carbonyl (C=O) groups is 2. The fraction of sp³-hybridized carbons (Fsp3) is 0.182. The van der Waals surface area contributed by atoms with Gasteiger partial charge in [0, 0.05) is 5.39 Å². The number of benzene rings is 2. The van der Waals surface area contributed by atoms with Crippen LogP contribution in [0.1, 0.15) is 11.3 Å².